The monoisotopic (exact) mass is 414 g/mol. The number of piperidine rings is 1. The molecule has 0 unspecified atom stereocenters. The number of carbonyl (C=O) groups is 1. The summed E-state index contributed by atoms with van der Waals surface area (Å²) >= 11 is 0. The Bertz CT molecular complexity index is 1140. The molecule has 3 aromatic heterocycles. The number of pyridine rings is 2. The molecule has 4 heterocycles. The third-order valence-corrected chi connectivity index (χ3v) is 5.62. The second-order valence-electron chi connectivity index (χ2n) is 7.80. The van der Waals surface area contributed by atoms with Crippen molar-refractivity contribution in [2.75, 3.05) is 18.0 Å². The Morgan fingerprint density at radius 3 is 2.63 bits per heavy atom. The average molecular weight is 414 g/mol. The van der Waals surface area contributed by atoms with Gasteiger partial charge in [-0.15, -0.1) is 0 Å². The van der Waals surface area contributed by atoms with Crippen molar-refractivity contribution in [2.45, 2.75) is 37.6 Å². The molecule has 0 aromatic carbocycles. The van der Waals surface area contributed by atoms with Gasteiger partial charge in [0.25, 0.3) is 11.8 Å². The maximum Gasteiger partial charge on any atom is 0.347 e. The molecule has 0 bridgehead atoms. The van der Waals surface area contributed by atoms with Gasteiger partial charge in [0, 0.05) is 56.1 Å². The number of nitrogens with one attached hydrogen (secondary N) is 1. The summed E-state index contributed by atoms with van der Waals surface area (Å²) in [5.41, 5.74) is 1.45. The lowest BCUT2D eigenvalue weighted by molar-refractivity contribution is -0.0494. The summed E-state index contributed by atoms with van der Waals surface area (Å²) in [6.07, 6.45) is 4.58. The number of halogens is 2. The van der Waals surface area contributed by atoms with E-state index in [1.807, 2.05) is 12.1 Å². The van der Waals surface area contributed by atoms with Crippen molar-refractivity contribution in [3.63, 3.8) is 0 Å². The highest BCUT2D eigenvalue weighted by atomic mass is 19.3. The van der Waals surface area contributed by atoms with Crippen LogP contribution in [0.3, 0.4) is 0 Å². The Hall–Kier alpha value is -3.30. The number of anilines is 2. The van der Waals surface area contributed by atoms with E-state index in [0.29, 0.717) is 17.0 Å². The highest BCUT2D eigenvalue weighted by molar-refractivity contribution is 5.94. The second kappa shape index (κ2) is 6.89. The molecule has 156 valence electrons. The van der Waals surface area contributed by atoms with Crippen LogP contribution in [0, 0.1) is 0 Å². The molecule has 5 rings (SSSR count). The van der Waals surface area contributed by atoms with Gasteiger partial charge in [-0.25, -0.2) is 23.7 Å². The SMILES string of the molecule is O=C(c1ccc(N(c2ccn3c(=O)[nH]nc3c2)C2CC2)nc1)N1CCC(F)(F)CC1. The number of aromatic nitrogens is 4. The smallest absolute Gasteiger partial charge is 0.338 e. The van der Waals surface area contributed by atoms with Crippen molar-refractivity contribution in [3.8, 4) is 0 Å². The van der Waals surface area contributed by atoms with E-state index in [9.17, 15) is 18.4 Å². The lowest BCUT2D eigenvalue weighted by Crippen LogP contribution is -2.42. The van der Waals surface area contributed by atoms with Crippen LogP contribution in [-0.4, -0.2) is 55.4 Å². The van der Waals surface area contributed by atoms with E-state index in [-0.39, 0.29) is 43.6 Å². The maximum absolute atomic E-state index is 13.3. The van der Waals surface area contributed by atoms with Gasteiger partial charge >= 0.3 is 5.69 Å². The van der Waals surface area contributed by atoms with Crippen molar-refractivity contribution in [1.82, 2.24) is 24.5 Å². The number of fused-ring (bicyclic) bond motifs is 1. The first-order valence-electron chi connectivity index (χ1n) is 9.90. The highest BCUT2D eigenvalue weighted by Gasteiger charge is 2.36. The first-order chi connectivity index (χ1) is 14.4. The predicted octanol–water partition coefficient (Wildman–Crippen LogP) is 2.59. The molecular formula is C20H20F2N6O2. The van der Waals surface area contributed by atoms with Crippen LogP contribution >= 0.6 is 0 Å². The summed E-state index contributed by atoms with van der Waals surface area (Å²) in [5.74, 6) is -2.29. The van der Waals surface area contributed by atoms with Gasteiger partial charge < -0.3 is 9.80 Å². The minimum Gasteiger partial charge on any atom is -0.338 e. The lowest BCUT2D eigenvalue weighted by Gasteiger charge is -2.31. The number of H-pyrrole nitrogens is 1. The summed E-state index contributed by atoms with van der Waals surface area (Å²) in [4.78, 5) is 32.3. The summed E-state index contributed by atoms with van der Waals surface area (Å²) < 4.78 is 28.1. The first kappa shape index (κ1) is 18.7. The fourth-order valence-corrected chi connectivity index (χ4v) is 3.78. The molecule has 3 aromatic rings. The van der Waals surface area contributed by atoms with Gasteiger partial charge in [0.2, 0.25) is 0 Å². The molecule has 2 fully saturated rings. The normalized spacial score (nSPS) is 18.5. The van der Waals surface area contributed by atoms with Crippen molar-refractivity contribution in [2.24, 2.45) is 0 Å². The van der Waals surface area contributed by atoms with Crippen molar-refractivity contribution < 1.29 is 13.6 Å². The van der Waals surface area contributed by atoms with E-state index in [4.69, 9.17) is 0 Å². The number of alkyl halides is 2. The van der Waals surface area contributed by atoms with E-state index in [1.165, 1.54) is 15.5 Å². The van der Waals surface area contributed by atoms with Crippen LogP contribution < -0.4 is 10.6 Å². The Balaban J connectivity index is 1.38. The van der Waals surface area contributed by atoms with E-state index in [1.54, 1.807) is 18.3 Å². The second-order valence-corrected chi connectivity index (χ2v) is 7.80. The zero-order chi connectivity index (χ0) is 20.9. The predicted molar refractivity (Wildman–Crippen MR) is 105 cm³/mol. The molecular weight excluding hydrogens is 394 g/mol. The van der Waals surface area contributed by atoms with Crippen LogP contribution in [0.15, 0.2) is 41.5 Å². The van der Waals surface area contributed by atoms with Gasteiger partial charge in [-0.2, -0.15) is 5.10 Å². The molecule has 2 aliphatic rings. The maximum atomic E-state index is 13.3. The molecule has 1 saturated carbocycles. The highest BCUT2D eigenvalue weighted by Crippen LogP contribution is 2.37. The van der Waals surface area contributed by atoms with Crippen LogP contribution in [0.4, 0.5) is 20.3 Å². The van der Waals surface area contributed by atoms with Crippen molar-refractivity contribution in [1.29, 1.82) is 0 Å². The van der Waals surface area contributed by atoms with Gasteiger partial charge in [-0.05, 0) is 31.0 Å². The van der Waals surface area contributed by atoms with Crippen LogP contribution in [0.5, 0.6) is 0 Å². The third kappa shape index (κ3) is 3.42. The van der Waals surface area contributed by atoms with Crippen LogP contribution in [0.25, 0.3) is 5.65 Å². The van der Waals surface area contributed by atoms with Gasteiger partial charge in [-0.1, -0.05) is 0 Å². The molecule has 1 amide bonds. The largest absolute Gasteiger partial charge is 0.347 e. The van der Waals surface area contributed by atoms with E-state index in [2.05, 4.69) is 20.1 Å². The fraction of sp³-hybridized carbons (Fsp3) is 0.400. The fourth-order valence-electron chi connectivity index (χ4n) is 3.78. The first-order valence-corrected chi connectivity index (χ1v) is 9.90. The minimum absolute atomic E-state index is 0.0465. The molecule has 1 N–H and O–H groups in total. The molecule has 1 aliphatic heterocycles. The molecule has 30 heavy (non-hydrogen) atoms. The Morgan fingerprint density at radius 2 is 1.97 bits per heavy atom. The summed E-state index contributed by atoms with van der Waals surface area (Å²) in [7, 11) is 0. The Labute approximate surface area is 170 Å². The van der Waals surface area contributed by atoms with Crippen LogP contribution in [-0.2, 0) is 0 Å². The van der Waals surface area contributed by atoms with E-state index in [0.717, 1.165) is 18.5 Å². The van der Waals surface area contributed by atoms with Gasteiger partial charge in [-0.3, -0.25) is 9.20 Å². The molecule has 0 spiro atoms. The number of rotatable bonds is 4. The van der Waals surface area contributed by atoms with Crippen LogP contribution in [0.1, 0.15) is 36.0 Å². The van der Waals surface area contributed by atoms with Crippen LogP contribution in [0.2, 0.25) is 0 Å². The Kier molecular flexibility index (Phi) is 4.30. The number of hydrogen-bond acceptors (Lipinski definition) is 5. The Morgan fingerprint density at radius 1 is 1.20 bits per heavy atom. The van der Waals surface area contributed by atoms with Gasteiger partial charge in [0.15, 0.2) is 5.65 Å². The standard InChI is InChI=1S/C20H20F2N6O2/c21-20(22)6-9-26(10-7-20)18(29)13-1-4-16(23-12-13)28(14-2-3-14)15-5-8-27-17(11-15)24-25-19(27)30/h1,4-5,8,11-12,14H,2-3,6-7,9-10H2,(H,25,30). The summed E-state index contributed by atoms with van der Waals surface area (Å²) in [6, 6.07) is 7.38. The molecule has 10 heteroatoms. The van der Waals surface area contributed by atoms with E-state index >= 15 is 0 Å². The zero-order valence-electron chi connectivity index (χ0n) is 16.1. The van der Waals surface area contributed by atoms with E-state index < -0.39 is 5.92 Å². The quantitative estimate of drug-likeness (QED) is 0.709. The molecule has 1 saturated heterocycles. The zero-order valence-corrected chi connectivity index (χ0v) is 16.1. The van der Waals surface area contributed by atoms with Gasteiger partial charge in [0.1, 0.15) is 5.82 Å². The third-order valence-electron chi connectivity index (χ3n) is 5.62. The lowest BCUT2D eigenvalue weighted by atomic mass is 10.1. The van der Waals surface area contributed by atoms with Gasteiger partial charge in [0.05, 0.1) is 5.56 Å². The number of amides is 1. The number of aromatic amines is 1. The van der Waals surface area contributed by atoms with Crippen molar-refractivity contribution >= 4 is 23.1 Å². The number of carbonyl (C=O) groups excluding carboxylic acids is 1. The molecule has 0 radical (unpaired) electrons. The number of likely N-dealkylation sites (tertiary alicyclic amines) is 1. The molecule has 8 nitrogen and oxygen atoms in total. The number of nitrogens with zero attached hydrogens (tertiary/aromatic N) is 5. The average Bonchev–Trinajstić information content (AvgIpc) is 3.51. The number of hydrogen-bond donors (Lipinski definition) is 1. The summed E-state index contributed by atoms with van der Waals surface area (Å²) in [5, 5.41) is 6.43. The molecule has 1 aliphatic carbocycles. The molecule has 0 atom stereocenters. The topological polar surface area (TPSA) is 86.6 Å². The van der Waals surface area contributed by atoms with Crippen molar-refractivity contribution in [3.05, 3.63) is 52.7 Å². The minimum atomic E-state index is -2.69. The summed E-state index contributed by atoms with van der Waals surface area (Å²) in [6.45, 7) is 0.0929.